The van der Waals surface area contributed by atoms with E-state index in [9.17, 15) is 9.59 Å². The first-order valence-electron chi connectivity index (χ1n) is 9.97. The highest BCUT2D eigenvalue weighted by Crippen LogP contribution is 2.20. The maximum absolute atomic E-state index is 11.9. The number of unbranched alkanes of at least 4 members (excludes halogenated alkanes) is 1. The van der Waals surface area contributed by atoms with E-state index in [1.54, 1.807) is 0 Å². The van der Waals surface area contributed by atoms with Crippen molar-refractivity contribution in [3.63, 3.8) is 0 Å². The summed E-state index contributed by atoms with van der Waals surface area (Å²) in [6.45, 7) is 7.60. The Balaban J connectivity index is 2.11. The lowest BCUT2D eigenvalue weighted by atomic mass is 9.90. The number of ether oxygens (including phenoxy) is 1. The molecule has 1 aromatic rings. The SMILES string of the molecule is CCCCNC(=O)CCC(C)CC(C)CCC(=O)OCc1ccccc1. The fraction of sp³-hybridized carbons (Fsp3) is 0.636. The summed E-state index contributed by atoms with van der Waals surface area (Å²) < 4.78 is 5.32. The second kappa shape index (κ2) is 13.4. The summed E-state index contributed by atoms with van der Waals surface area (Å²) in [6.07, 6.45) is 5.96. The minimum Gasteiger partial charge on any atom is -0.461 e. The van der Waals surface area contributed by atoms with Crippen LogP contribution in [0.15, 0.2) is 30.3 Å². The second-order valence-electron chi connectivity index (χ2n) is 7.37. The lowest BCUT2D eigenvalue weighted by Crippen LogP contribution is -2.24. The molecule has 0 aromatic heterocycles. The summed E-state index contributed by atoms with van der Waals surface area (Å²) >= 11 is 0. The van der Waals surface area contributed by atoms with Crippen LogP contribution in [-0.2, 0) is 20.9 Å². The maximum atomic E-state index is 11.9. The van der Waals surface area contributed by atoms with E-state index < -0.39 is 0 Å². The first-order valence-corrected chi connectivity index (χ1v) is 9.97. The predicted molar refractivity (Wildman–Crippen MR) is 106 cm³/mol. The van der Waals surface area contributed by atoms with Crippen molar-refractivity contribution in [1.82, 2.24) is 5.32 Å². The van der Waals surface area contributed by atoms with E-state index in [1.165, 1.54) is 0 Å². The molecule has 146 valence electrons. The number of amides is 1. The molecule has 0 spiro atoms. The molecule has 1 rings (SSSR count). The molecule has 1 amide bonds. The molecule has 4 nitrogen and oxygen atoms in total. The fourth-order valence-corrected chi connectivity index (χ4v) is 2.97. The Morgan fingerprint density at radius 2 is 1.69 bits per heavy atom. The van der Waals surface area contributed by atoms with Gasteiger partial charge in [-0.3, -0.25) is 9.59 Å². The van der Waals surface area contributed by atoms with E-state index >= 15 is 0 Å². The number of carbonyl (C=O) groups is 2. The summed E-state index contributed by atoms with van der Waals surface area (Å²) in [5.74, 6) is 0.964. The Labute approximate surface area is 158 Å². The smallest absolute Gasteiger partial charge is 0.306 e. The first kappa shape index (κ1) is 22.2. The van der Waals surface area contributed by atoms with Gasteiger partial charge in [-0.1, -0.05) is 57.5 Å². The van der Waals surface area contributed by atoms with Gasteiger partial charge in [0.1, 0.15) is 6.61 Å². The van der Waals surface area contributed by atoms with Gasteiger partial charge in [0.25, 0.3) is 0 Å². The number of benzene rings is 1. The van der Waals surface area contributed by atoms with E-state index in [1.807, 2.05) is 30.3 Å². The second-order valence-corrected chi connectivity index (χ2v) is 7.37. The number of hydrogen-bond donors (Lipinski definition) is 1. The molecule has 2 unspecified atom stereocenters. The van der Waals surface area contributed by atoms with Gasteiger partial charge in [-0.15, -0.1) is 0 Å². The van der Waals surface area contributed by atoms with Crippen LogP contribution >= 0.6 is 0 Å². The van der Waals surface area contributed by atoms with Gasteiger partial charge < -0.3 is 10.1 Å². The Morgan fingerprint density at radius 1 is 1.04 bits per heavy atom. The third kappa shape index (κ3) is 10.9. The van der Waals surface area contributed by atoms with Crippen LogP contribution in [-0.4, -0.2) is 18.4 Å². The molecule has 26 heavy (non-hydrogen) atoms. The van der Waals surface area contributed by atoms with Gasteiger partial charge >= 0.3 is 5.97 Å². The first-order chi connectivity index (χ1) is 12.5. The predicted octanol–water partition coefficient (Wildman–Crippen LogP) is 4.87. The topological polar surface area (TPSA) is 55.4 Å². The largest absolute Gasteiger partial charge is 0.461 e. The molecule has 0 aliphatic carbocycles. The zero-order chi connectivity index (χ0) is 19.2. The standard InChI is InChI=1S/C22H35NO3/c1-4-5-15-23-21(24)13-11-18(2)16-19(3)12-14-22(25)26-17-20-9-7-6-8-10-20/h6-10,18-19H,4-5,11-17H2,1-3H3,(H,23,24). The molecule has 1 aromatic carbocycles. The van der Waals surface area contributed by atoms with Crippen molar-refractivity contribution in [2.75, 3.05) is 6.54 Å². The summed E-state index contributed by atoms with van der Waals surface area (Å²) in [5, 5.41) is 2.96. The Morgan fingerprint density at radius 3 is 2.35 bits per heavy atom. The normalized spacial score (nSPS) is 13.0. The van der Waals surface area contributed by atoms with Crippen molar-refractivity contribution < 1.29 is 14.3 Å². The highest BCUT2D eigenvalue weighted by Gasteiger charge is 2.13. The summed E-state index contributed by atoms with van der Waals surface area (Å²) in [6, 6.07) is 9.74. The maximum Gasteiger partial charge on any atom is 0.306 e. The lowest BCUT2D eigenvalue weighted by molar-refractivity contribution is -0.145. The summed E-state index contributed by atoms with van der Waals surface area (Å²) in [4.78, 5) is 23.6. The van der Waals surface area contributed by atoms with Gasteiger partial charge in [-0.2, -0.15) is 0 Å². The lowest BCUT2D eigenvalue weighted by Gasteiger charge is -2.17. The third-order valence-corrected chi connectivity index (χ3v) is 4.61. The van der Waals surface area contributed by atoms with Crippen LogP contribution in [0.5, 0.6) is 0 Å². The molecule has 0 heterocycles. The molecular formula is C22H35NO3. The quantitative estimate of drug-likeness (QED) is 0.403. The summed E-state index contributed by atoms with van der Waals surface area (Å²) in [7, 11) is 0. The minimum atomic E-state index is -0.136. The Kier molecular flexibility index (Phi) is 11.4. The minimum absolute atomic E-state index is 0.136. The van der Waals surface area contributed by atoms with Crippen LogP contribution in [0.25, 0.3) is 0 Å². The van der Waals surface area contributed by atoms with Crippen molar-refractivity contribution in [2.45, 2.75) is 72.3 Å². The Bertz CT molecular complexity index is 515. The van der Waals surface area contributed by atoms with E-state index in [0.29, 0.717) is 31.3 Å². The van der Waals surface area contributed by atoms with Crippen LogP contribution in [0, 0.1) is 11.8 Å². The zero-order valence-electron chi connectivity index (χ0n) is 16.6. The molecule has 0 saturated carbocycles. The number of nitrogens with one attached hydrogen (secondary N) is 1. The van der Waals surface area contributed by atoms with Gasteiger partial charge in [0.2, 0.25) is 5.91 Å². The molecular weight excluding hydrogens is 326 g/mol. The number of hydrogen-bond acceptors (Lipinski definition) is 3. The van der Waals surface area contributed by atoms with Crippen LogP contribution < -0.4 is 5.32 Å². The average molecular weight is 362 g/mol. The van der Waals surface area contributed by atoms with E-state index in [-0.39, 0.29) is 11.9 Å². The zero-order valence-corrected chi connectivity index (χ0v) is 16.6. The molecule has 0 bridgehead atoms. The van der Waals surface area contributed by atoms with Gasteiger partial charge in [-0.05, 0) is 43.1 Å². The molecule has 0 aliphatic rings. The van der Waals surface area contributed by atoms with E-state index in [2.05, 4.69) is 26.1 Å². The van der Waals surface area contributed by atoms with Gasteiger partial charge in [0.15, 0.2) is 0 Å². The van der Waals surface area contributed by atoms with Gasteiger partial charge in [0.05, 0.1) is 0 Å². The van der Waals surface area contributed by atoms with E-state index in [0.717, 1.165) is 44.2 Å². The van der Waals surface area contributed by atoms with Crippen molar-refractivity contribution in [3.05, 3.63) is 35.9 Å². The highest BCUT2D eigenvalue weighted by atomic mass is 16.5. The summed E-state index contributed by atoms with van der Waals surface area (Å²) in [5.41, 5.74) is 1.01. The molecule has 1 N–H and O–H groups in total. The molecule has 4 heteroatoms. The number of rotatable bonds is 13. The van der Waals surface area contributed by atoms with Gasteiger partial charge in [-0.25, -0.2) is 0 Å². The fourth-order valence-electron chi connectivity index (χ4n) is 2.97. The van der Waals surface area contributed by atoms with Gasteiger partial charge in [0, 0.05) is 19.4 Å². The molecule has 2 atom stereocenters. The van der Waals surface area contributed by atoms with Crippen LogP contribution in [0.2, 0.25) is 0 Å². The van der Waals surface area contributed by atoms with Crippen molar-refractivity contribution in [1.29, 1.82) is 0 Å². The number of esters is 1. The van der Waals surface area contributed by atoms with Crippen LogP contribution in [0.3, 0.4) is 0 Å². The number of carbonyl (C=O) groups excluding carboxylic acids is 2. The molecule has 0 saturated heterocycles. The van der Waals surface area contributed by atoms with E-state index in [4.69, 9.17) is 4.74 Å². The average Bonchev–Trinajstić information content (AvgIpc) is 2.64. The van der Waals surface area contributed by atoms with Crippen molar-refractivity contribution in [3.8, 4) is 0 Å². The van der Waals surface area contributed by atoms with Crippen LogP contribution in [0.1, 0.15) is 71.3 Å². The molecule has 0 fully saturated rings. The Hall–Kier alpha value is -1.84. The molecule has 0 aliphatic heterocycles. The van der Waals surface area contributed by atoms with Crippen LogP contribution in [0.4, 0.5) is 0 Å². The molecule has 0 radical (unpaired) electrons. The highest BCUT2D eigenvalue weighted by molar-refractivity contribution is 5.75. The monoisotopic (exact) mass is 361 g/mol. The van der Waals surface area contributed by atoms with Crippen molar-refractivity contribution >= 4 is 11.9 Å². The third-order valence-electron chi connectivity index (χ3n) is 4.61. The van der Waals surface area contributed by atoms with Crippen molar-refractivity contribution in [2.24, 2.45) is 11.8 Å².